The highest BCUT2D eigenvalue weighted by Crippen LogP contribution is 2.34. The normalized spacial score (nSPS) is 23.5. The van der Waals surface area contributed by atoms with Gasteiger partial charge in [-0.2, -0.15) is 5.10 Å². The third-order valence-corrected chi connectivity index (χ3v) is 5.64. The zero-order chi connectivity index (χ0) is 17.7. The largest absolute Gasteiger partial charge is 0.353 e. The van der Waals surface area contributed by atoms with Crippen LogP contribution in [0.3, 0.4) is 0 Å². The molecular weight excluding hydrogens is 328 g/mol. The van der Waals surface area contributed by atoms with Crippen LogP contribution in [0.25, 0.3) is 21.8 Å². The summed E-state index contributed by atoms with van der Waals surface area (Å²) in [5, 5.41) is 13.8. The Morgan fingerprint density at radius 1 is 1.23 bits per heavy atom. The van der Waals surface area contributed by atoms with E-state index in [0.29, 0.717) is 18.6 Å². The number of fused-ring (bicyclic) bond motifs is 3. The number of carbonyl (C=O) groups is 1. The minimum atomic E-state index is 0.0190. The minimum absolute atomic E-state index is 0.0190. The van der Waals surface area contributed by atoms with E-state index in [1.54, 1.807) is 12.4 Å². The van der Waals surface area contributed by atoms with E-state index in [0.717, 1.165) is 53.3 Å². The number of anilines is 1. The van der Waals surface area contributed by atoms with Crippen molar-refractivity contribution in [1.82, 2.24) is 25.5 Å². The highest BCUT2D eigenvalue weighted by atomic mass is 16.2. The smallest absolute Gasteiger partial charge is 0.225 e. The van der Waals surface area contributed by atoms with Crippen LogP contribution in [0.15, 0.2) is 24.7 Å². The van der Waals surface area contributed by atoms with Crippen molar-refractivity contribution in [3.8, 4) is 0 Å². The number of nitrogens with zero attached hydrogens (tertiary/aromatic N) is 4. The summed E-state index contributed by atoms with van der Waals surface area (Å²) in [7, 11) is 0. The molecule has 2 N–H and O–H groups in total. The van der Waals surface area contributed by atoms with E-state index < -0.39 is 0 Å². The van der Waals surface area contributed by atoms with Crippen molar-refractivity contribution < 1.29 is 4.79 Å². The first-order chi connectivity index (χ1) is 12.7. The molecule has 0 aromatic carbocycles. The number of hydrogen-bond donors (Lipinski definition) is 2. The fourth-order valence-corrected chi connectivity index (χ4v) is 3.94. The Morgan fingerprint density at radius 2 is 2.12 bits per heavy atom. The molecule has 7 nitrogen and oxygen atoms in total. The van der Waals surface area contributed by atoms with E-state index >= 15 is 0 Å². The average molecular weight is 350 g/mol. The van der Waals surface area contributed by atoms with Crippen LogP contribution in [-0.2, 0) is 4.79 Å². The van der Waals surface area contributed by atoms with Crippen molar-refractivity contribution >= 4 is 33.5 Å². The van der Waals surface area contributed by atoms with Gasteiger partial charge in [0.25, 0.3) is 0 Å². The number of nitrogens with one attached hydrogen (secondary N) is 2. The van der Waals surface area contributed by atoms with Crippen molar-refractivity contribution in [2.75, 3.05) is 11.4 Å². The second kappa shape index (κ2) is 5.93. The highest BCUT2D eigenvalue weighted by Gasteiger charge is 2.34. The number of piperidine rings is 1. The lowest BCUT2D eigenvalue weighted by Crippen LogP contribution is -2.47. The zero-order valence-corrected chi connectivity index (χ0v) is 14.8. The molecule has 2 fully saturated rings. The van der Waals surface area contributed by atoms with Crippen molar-refractivity contribution in [2.24, 2.45) is 5.92 Å². The number of amides is 1. The Kier molecular flexibility index (Phi) is 3.55. The van der Waals surface area contributed by atoms with E-state index in [-0.39, 0.29) is 11.8 Å². The lowest BCUT2D eigenvalue weighted by molar-refractivity contribution is -0.125. The topological polar surface area (TPSA) is 86.8 Å². The molecule has 26 heavy (non-hydrogen) atoms. The fourth-order valence-electron chi connectivity index (χ4n) is 3.94. The Bertz CT molecular complexity index is 978. The Hall–Kier alpha value is -2.70. The molecule has 2 aliphatic rings. The molecule has 0 spiro atoms. The summed E-state index contributed by atoms with van der Waals surface area (Å²) in [5.74, 6) is 1.17. The number of aromatic nitrogens is 4. The second-order valence-electron chi connectivity index (χ2n) is 7.55. The molecule has 0 bridgehead atoms. The quantitative estimate of drug-likeness (QED) is 0.757. The van der Waals surface area contributed by atoms with Crippen molar-refractivity contribution in [1.29, 1.82) is 0 Å². The molecule has 134 valence electrons. The van der Waals surface area contributed by atoms with Crippen LogP contribution in [0.1, 0.15) is 32.6 Å². The van der Waals surface area contributed by atoms with E-state index in [1.807, 2.05) is 12.3 Å². The van der Waals surface area contributed by atoms with Crippen LogP contribution in [0, 0.1) is 5.92 Å². The Balaban J connectivity index is 1.54. The van der Waals surface area contributed by atoms with Gasteiger partial charge in [0.2, 0.25) is 5.91 Å². The molecule has 3 aromatic rings. The van der Waals surface area contributed by atoms with Crippen molar-refractivity contribution in [3.63, 3.8) is 0 Å². The first-order valence-electron chi connectivity index (χ1n) is 9.34. The molecule has 5 rings (SSSR count). The van der Waals surface area contributed by atoms with Gasteiger partial charge in [0.15, 0.2) is 5.65 Å². The summed E-state index contributed by atoms with van der Waals surface area (Å²) in [4.78, 5) is 23.6. The number of pyridine rings is 1. The Morgan fingerprint density at radius 3 is 2.96 bits per heavy atom. The molecule has 1 aliphatic heterocycles. The van der Waals surface area contributed by atoms with Gasteiger partial charge in [0, 0.05) is 47.2 Å². The number of aromatic amines is 1. The molecule has 2 unspecified atom stereocenters. The van der Waals surface area contributed by atoms with Crippen LogP contribution in [0.5, 0.6) is 0 Å². The van der Waals surface area contributed by atoms with Gasteiger partial charge in [-0.25, -0.2) is 9.97 Å². The number of rotatable bonds is 3. The molecular formula is C19H22N6O. The second-order valence-corrected chi connectivity index (χ2v) is 7.55. The maximum Gasteiger partial charge on any atom is 0.225 e. The van der Waals surface area contributed by atoms with E-state index in [4.69, 9.17) is 0 Å². The fraction of sp³-hybridized carbons (Fsp3) is 0.474. The standard InChI is InChI=1S/C19H22N6O/c1-11-2-3-12(19(26)23-14-4-5-14)10-25(11)18-16-13(9-22-24-18)8-21-17-15(16)6-7-20-17/h6-9,11-12,14,24H,2-5,10H2,1H3,(H,23,26). The van der Waals surface area contributed by atoms with Crippen molar-refractivity contribution in [3.05, 3.63) is 24.7 Å². The van der Waals surface area contributed by atoms with Crippen LogP contribution in [0.4, 0.5) is 5.82 Å². The predicted octanol–water partition coefficient (Wildman–Crippen LogP) is 2.39. The van der Waals surface area contributed by atoms with Crippen LogP contribution < -0.4 is 10.2 Å². The molecule has 1 amide bonds. The van der Waals surface area contributed by atoms with E-state index in [1.165, 1.54) is 0 Å². The first kappa shape index (κ1) is 15.5. The predicted molar refractivity (Wildman–Crippen MR) is 99.9 cm³/mol. The minimum Gasteiger partial charge on any atom is -0.353 e. The molecule has 2 atom stereocenters. The number of carbonyl (C=O) groups excluding carboxylic acids is 1. The number of hydrogen-bond acceptors (Lipinski definition) is 5. The molecule has 1 aliphatic carbocycles. The molecule has 1 saturated heterocycles. The summed E-state index contributed by atoms with van der Waals surface area (Å²) in [5.41, 5.74) is 0.742. The van der Waals surface area contributed by atoms with Gasteiger partial charge < -0.3 is 10.2 Å². The van der Waals surface area contributed by atoms with Crippen LogP contribution in [0.2, 0.25) is 0 Å². The maximum atomic E-state index is 12.6. The van der Waals surface area contributed by atoms with Crippen LogP contribution in [-0.4, -0.2) is 44.7 Å². The lowest BCUT2D eigenvalue weighted by atomic mass is 9.92. The SMILES string of the molecule is CC1CCC(C(=O)NC2CC2)CN1c1[nH]ncc2cnc3nccc3c12. The molecule has 4 heterocycles. The Labute approximate surface area is 151 Å². The van der Waals surface area contributed by atoms with Crippen molar-refractivity contribution in [2.45, 2.75) is 44.7 Å². The third-order valence-electron chi connectivity index (χ3n) is 5.64. The van der Waals surface area contributed by atoms with Gasteiger partial charge in [0.05, 0.1) is 12.1 Å². The average Bonchev–Trinajstić information content (AvgIpc) is 3.33. The molecule has 7 heteroatoms. The van der Waals surface area contributed by atoms with Gasteiger partial charge in [0.1, 0.15) is 5.82 Å². The highest BCUT2D eigenvalue weighted by molar-refractivity contribution is 6.10. The summed E-state index contributed by atoms with van der Waals surface area (Å²) in [6, 6.07) is 2.74. The van der Waals surface area contributed by atoms with E-state index in [9.17, 15) is 4.79 Å². The maximum absolute atomic E-state index is 12.6. The van der Waals surface area contributed by atoms with Gasteiger partial charge in [-0.15, -0.1) is 0 Å². The zero-order valence-electron chi connectivity index (χ0n) is 14.8. The molecule has 1 saturated carbocycles. The molecule has 0 radical (unpaired) electrons. The van der Waals surface area contributed by atoms with Gasteiger partial charge in [-0.1, -0.05) is 0 Å². The molecule has 3 aromatic heterocycles. The van der Waals surface area contributed by atoms with Gasteiger partial charge >= 0.3 is 0 Å². The van der Waals surface area contributed by atoms with Gasteiger partial charge in [-0.05, 0) is 38.7 Å². The van der Waals surface area contributed by atoms with Crippen LogP contribution >= 0.6 is 0 Å². The monoisotopic (exact) mass is 350 g/mol. The van der Waals surface area contributed by atoms with E-state index in [2.05, 4.69) is 37.3 Å². The summed E-state index contributed by atoms with van der Waals surface area (Å²) >= 11 is 0. The first-order valence-corrected chi connectivity index (χ1v) is 9.34. The summed E-state index contributed by atoms with van der Waals surface area (Å²) in [6.07, 6.45) is 9.56. The third kappa shape index (κ3) is 2.58. The van der Waals surface area contributed by atoms with Gasteiger partial charge in [-0.3, -0.25) is 9.89 Å². The number of H-pyrrole nitrogens is 1. The lowest BCUT2D eigenvalue weighted by Gasteiger charge is -2.39. The summed E-state index contributed by atoms with van der Waals surface area (Å²) < 4.78 is 0. The summed E-state index contributed by atoms with van der Waals surface area (Å²) in [6.45, 7) is 2.91.